The highest BCUT2D eigenvalue weighted by Gasteiger charge is 2.46. The molecule has 1 aliphatic rings. The van der Waals surface area contributed by atoms with Crippen molar-refractivity contribution < 1.29 is 70.9 Å². The fourth-order valence-electron chi connectivity index (χ4n) is 10.3. The van der Waals surface area contributed by atoms with E-state index in [1.807, 2.05) is 84.9 Å². The van der Waals surface area contributed by atoms with Gasteiger partial charge < -0.3 is 43.4 Å². The third-order valence-electron chi connectivity index (χ3n) is 13.8. The highest BCUT2D eigenvalue weighted by Crippen LogP contribution is 2.60. The van der Waals surface area contributed by atoms with Crippen molar-refractivity contribution in [3.63, 3.8) is 0 Å². The number of hydrogen-bond acceptors (Lipinski definition) is 18. The topological polar surface area (TPSA) is 235 Å². The lowest BCUT2D eigenvalue weighted by molar-refractivity contribution is -0.162. The maximum absolute atomic E-state index is 16.1. The van der Waals surface area contributed by atoms with Crippen LogP contribution < -0.4 is 10.6 Å². The summed E-state index contributed by atoms with van der Waals surface area (Å²) in [5, 5.41) is 6.14. The average Bonchev–Trinajstić information content (AvgIpc) is 0.833. The van der Waals surface area contributed by atoms with E-state index < -0.39 is 82.9 Å². The Bertz CT molecular complexity index is 2710. The SMILES string of the molecule is CC(C)(C)OC(=O)CN(CCN(CCN(CC(=O)OC(C)(C)C)CC(=O)OC(C)(C)C)C(CCC(=O)NCC1CCC(C(=O)NC(Cc2ccc(-c3ccccc3)cc2)C(=O)OCc2ccccc2)CC1)P(=O)(OC(C)(C)C)OC(C)(C)C)CC(=O)OC(C)(C)C. The molecule has 1 fully saturated rings. The molecule has 508 valence electrons. The molecule has 3 aromatic rings. The van der Waals surface area contributed by atoms with Crippen molar-refractivity contribution >= 4 is 49.3 Å². The minimum Gasteiger partial charge on any atom is -0.459 e. The Morgan fingerprint density at radius 2 is 0.912 bits per heavy atom. The van der Waals surface area contributed by atoms with E-state index in [9.17, 15) is 33.6 Å². The van der Waals surface area contributed by atoms with Crippen LogP contribution in [0.25, 0.3) is 11.1 Å². The van der Waals surface area contributed by atoms with Crippen LogP contribution >= 0.6 is 7.60 Å². The Morgan fingerprint density at radius 1 is 0.505 bits per heavy atom. The van der Waals surface area contributed by atoms with Gasteiger partial charge in [-0.1, -0.05) is 84.9 Å². The van der Waals surface area contributed by atoms with Gasteiger partial charge in [0.15, 0.2) is 0 Å². The van der Waals surface area contributed by atoms with Crippen LogP contribution in [0.4, 0.5) is 0 Å². The molecular weight excluding hydrogens is 1180 g/mol. The maximum atomic E-state index is 16.1. The number of hydrogen-bond donors (Lipinski definition) is 2. The summed E-state index contributed by atoms with van der Waals surface area (Å²) >= 11 is 0. The van der Waals surface area contributed by atoms with Gasteiger partial charge in [-0.3, -0.25) is 48.0 Å². The zero-order valence-electron chi connectivity index (χ0n) is 57.8. The second kappa shape index (κ2) is 34.2. The van der Waals surface area contributed by atoms with Gasteiger partial charge in [0.25, 0.3) is 0 Å². The van der Waals surface area contributed by atoms with E-state index in [2.05, 4.69) is 10.6 Å². The smallest absolute Gasteiger partial charge is 0.348 e. The molecule has 0 radical (unpaired) electrons. The van der Waals surface area contributed by atoms with Gasteiger partial charge in [0.2, 0.25) is 11.8 Å². The van der Waals surface area contributed by atoms with E-state index >= 15 is 4.57 Å². The van der Waals surface area contributed by atoms with Gasteiger partial charge in [-0.15, -0.1) is 0 Å². The lowest BCUT2D eigenvalue weighted by Gasteiger charge is -2.42. The number of ether oxygens (including phenoxy) is 5. The summed E-state index contributed by atoms with van der Waals surface area (Å²) in [5.41, 5.74) is -1.72. The van der Waals surface area contributed by atoms with Crippen molar-refractivity contribution in [2.45, 2.75) is 222 Å². The fourth-order valence-corrected chi connectivity index (χ4v) is 13.2. The number of carbonyl (C=O) groups is 7. The van der Waals surface area contributed by atoms with E-state index in [0.29, 0.717) is 32.2 Å². The highest BCUT2D eigenvalue weighted by molar-refractivity contribution is 7.54. The molecule has 20 nitrogen and oxygen atoms in total. The normalized spacial score (nSPS) is 16.0. The minimum atomic E-state index is -4.38. The molecule has 0 bridgehead atoms. The predicted molar refractivity (Wildman–Crippen MR) is 352 cm³/mol. The van der Waals surface area contributed by atoms with E-state index in [4.69, 9.17) is 32.7 Å². The largest absolute Gasteiger partial charge is 0.459 e. The predicted octanol–water partition coefficient (Wildman–Crippen LogP) is 11.2. The first-order valence-electron chi connectivity index (χ1n) is 32.0. The molecule has 2 atom stereocenters. The molecule has 0 aromatic heterocycles. The summed E-state index contributed by atoms with van der Waals surface area (Å²) in [5.74, 6) is -5.06. The molecule has 0 heterocycles. The molecule has 21 heteroatoms. The third kappa shape index (κ3) is 31.9. The zero-order valence-corrected chi connectivity index (χ0v) is 58.7. The lowest BCUT2D eigenvalue weighted by Crippen LogP contribution is -2.49. The number of esters is 5. The van der Waals surface area contributed by atoms with Gasteiger partial charge in [-0.25, -0.2) is 4.79 Å². The summed E-state index contributed by atoms with van der Waals surface area (Å²) in [6.07, 6.45) is 2.30. The standard InChI is InChI=1S/C70H108N5O15P/c1-65(2,3)85-59(77)45-73(46-60(78)86-66(4,5)6)39-41-75(42-40-74(47-61(79)87-67(7,8)9)48-62(80)88-68(10,11)12)58(91(83,89-69(13,14)15)90-70(16,17)18)38-37-57(76)71-44-51-31-35-55(36-32-51)63(81)72-56(64(82)84-49-52-25-21-19-22-26-52)43-50-29-33-54(34-30-50)53-27-23-20-24-28-53/h19-30,33-34,51,55-56,58H,31-32,35-49H2,1-18H3,(H,71,76)(H,72,81). The Morgan fingerprint density at radius 3 is 1.32 bits per heavy atom. The Balaban J connectivity index is 1.62. The molecule has 3 aromatic carbocycles. The zero-order chi connectivity index (χ0) is 68.2. The molecule has 0 spiro atoms. The first-order chi connectivity index (χ1) is 42.0. The quantitative estimate of drug-likeness (QED) is 0.0346. The van der Waals surface area contributed by atoms with Gasteiger partial charge in [0.05, 0.1) is 37.4 Å². The Kier molecular flexibility index (Phi) is 29.1. The number of benzene rings is 3. The molecule has 91 heavy (non-hydrogen) atoms. The van der Waals surface area contributed by atoms with Crippen LogP contribution in [0.15, 0.2) is 84.9 Å². The van der Waals surface area contributed by atoms with Crippen LogP contribution in [0.1, 0.15) is 174 Å². The van der Waals surface area contributed by atoms with Crippen LogP contribution in [-0.2, 0) is 83.9 Å². The van der Waals surface area contributed by atoms with E-state index in [0.717, 1.165) is 22.3 Å². The van der Waals surface area contributed by atoms with Crippen molar-refractivity contribution in [1.82, 2.24) is 25.3 Å². The fraction of sp³-hybridized carbons (Fsp3) is 0.643. The molecule has 1 saturated carbocycles. The van der Waals surface area contributed by atoms with Gasteiger partial charge in [-0.05, 0) is 185 Å². The molecule has 2 amide bonds. The first kappa shape index (κ1) is 77.4. The van der Waals surface area contributed by atoms with Crippen LogP contribution in [0.5, 0.6) is 0 Å². The average molecular weight is 1290 g/mol. The molecule has 4 rings (SSSR count). The monoisotopic (exact) mass is 1290 g/mol. The summed E-state index contributed by atoms with van der Waals surface area (Å²) in [6, 6.07) is 26.3. The summed E-state index contributed by atoms with van der Waals surface area (Å²) in [6.45, 7) is 30.4. The highest BCUT2D eigenvalue weighted by atomic mass is 31.2. The van der Waals surface area contributed by atoms with Gasteiger partial charge >= 0.3 is 37.4 Å². The van der Waals surface area contributed by atoms with E-state index in [1.165, 1.54) is 0 Å². The summed E-state index contributed by atoms with van der Waals surface area (Å²) in [7, 11) is -4.38. The van der Waals surface area contributed by atoms with Crippen molar-refractivity contribution in [3.8, 4) is 11.1 Å². The van der Waals surface area contributed by atoms with Crippen LogP contribution in [0.2, 0.25) is 0 Å². The summed E-state index contributed by atoms with van der Waals surface area (Å²) < 4.78 is 57.8. The van der Waals surface area contributed by atoms with Gasteiger partial charge in [-0.2, -0.15) is 0 Å². The number of nitrogens with one attached hydrogen (secondary N) is 2. The number of nitrogens with zero attached hydrogens (tertiary/aromatic N) is 3. The first-order valence-corrected chi connectivity index (χ1v) is 33.6. The minimum absolute atomic E-state index is 0.00692. The Labute approximate surface area is 542 Å². The molecule has 1 aliphatic carbocycles. The van der Waals surface area contributed by atoms with Gasteiger partial charge in [0.1, 0.15) is 40.8 Å². The number of carbonyl (C=O) groups excluding carboxylic acids is 7. The molecule has 0 saturated heterocycles. The maximum Gasteiger partial charge on any atom is 0.348 e. The van der Waals surface area contributed by atoms with Crippen LogP contribution in [0.3, 0.4) is 0 Å². The van der Waals surface area contributed by atoms with E-state index in [-0.39, 0.29) is 102 Å². The number of amides is 2. The van der Waals surface area contributed by atoms with Crippen LogP contribution in [-0.4, -0.2) is 161 Å². The van der Waals surface area contributed by atoms with E-state index in [1.54, 1.807) is 139 Å². The third-order valence-corrected chi connectivity index (χ3v) is 16.8. The van der Waals surface area contributed by atoms with Crippen molar-refractivity contribution in [1.29, 1.82) is 0 Å². The van der Waals surface area contributed by atoms with Crippen molar-refractivity contribution in [3.05, 3.63) is 96.1 Å². The van der Waals surface area contributed by atoms with Crippen molar-refractivity contribution in [2.75, 3.05) is 58.9 Å². The lowest BCUT2D eigenvalue weighted by atomic mass is 9.81. The molecule has 0 aliphatic heterocycles. The molecule has 2 N–H and O–H groups in total. The molecular formula is C70H108N5O15P. The van der Waals surface area contributed by atoms with Crippen molar-refractivity contribution in [2.24, 2.45) is 11.8 Å². The second-order valence-electron chi connectivity index (χ2n) is 29.7. The Hall–Kier alpha value is -6.02. The number of rotatable bonds is 31. The van der Waals surface area contributed by atoms with Crippen LogP contribution in [0, 0.1) is 11.8 Å². The second-order valence-corrected chi connectivity index (χ2v) is 31.8. The van der Waals surface area contributed by atoms with Gasteiger partial charge in [0, 0.05) is 51.5 Å². The molecule has 2 unspecified atom stereocenters. The summed E-state index contributed by atoms with van der Waals surface area (Å²) in [4.78, 5) is 101.